The van der Waals surface area contributed by atoms with Crippen LogP contribution in [0.4, 0.5) is 5.82 Å². The monoisotopic (exact) mass is 703 g/mol. The van der Waals surface area contributed by atoms with Gasteiger partial charge in [0.2, 0.25) is 5.91 Å². The molecule has 2 amide bonds. The highest BCUT2D eigenvalue weighted by Crippen LogP contribution is 2.39. The van der Waals surface area contributed by atoms with Crippen molar-refractivity contribution in [2.75, 3.05) is 24.4 Å². The number of anilines is 1. The fourth-order valence-corrected chi connectivity index (χ4v) is 8.72. The fraction of sp³-hybridized carbons (Fsp3) is 0.526. The van der Waals surface area contributed by atoms with E-state index in [4.69, 9.17) is 14.3 Å². The minimum atomic E-state index is -4.02. The number of benzene rings is 2. The molecule has 12 heteroatoms. The van der Waals surface area contributed by atoms with Crippen molar-refractivity contribution in [2.24, 2.45) is 16.3 Å². The first kappa shape index (κ1) is 35.8. The third-order valence-electron chi connectivity index (χ3n) is 9.89. The summed E-state index contributed by atoms with van der Waals surface area (Å²) in [6.07, 6.45) is 7.38. The van der Waals surface area contributed by atoms with Crippen molar-refractivity contribution in [3.05, 3.63) is 65.4 Å². The molecule has 1 aromatic heterocycles. The second-order valence-corrected chi connectivity index (χ2v) is 16.8. The second-order valence-electron chi connectivity index (χ2n) is 15.1. The van der Waals surface area contributed by atoms with E-state index in [0.29, 0.717) is 55.8 Å². The van der Waals surface area contributed by atoms with E-state index in [2.05, 4.69) is 30.6 Å². The molecule has 2 aliphatic heterocycles. The van der Waals surface area contributed by atoms with Gasteiger partial charge in [0.15, 0.2) is 11.4 Å². The molecule has 0 bridgehead atoms. The molecule has 1 saturated carbocycles. The first-order valence-electron chi connectivity index (χ1n) is 17.7. The molecular formula is C38H49N5O6S. The molecule has 1 N–H and O–H groups in total. The summed E-state index contributed by atoms with van der Waals surface area (Å²) in [6, 6.07) is 12.7. The van der Waals surface area contributed by atoms with E-state index >= 15 is 0 Å². The van der Waals surface area contributed by atoms with Crippen LogP contribution in [-0.2, 0) is 37.5 Å². The van der Waals surface area contributed by atoms with Crippen molar-refractivity contribution in [2.45, 2.75) is 103 Å². The first-order chi connectivity index (χ1) is 23.8. The van der Waals surface area contributed by atoms with Crippen molar-refractivity contribution in [1.82, 2.24) is 15.0 Å². The number of aromatic nitrogens is 1. The number of nitrogens with zero attached hydrogens (tertiary/aromatic N) is 4. The van der Waals surface area contributed by atoms with Gasteiger partial charge < -0.3 is 14.2 Å². The van der Waals surface area contributed by atoms with E-state index in [9.17, 15) is 18.0 Å². The van der Waals surface area contributed by atoms with Crippen LogP contribution in [0, 0.1) is 18.3 Å². The Morgan fingerprint density at radius 1 is 1.10 bits per heavy atom. The molecule has 1 spiro atoms. The van der Waals surface area contributed by atoms with E-state index in [1.807, 2.05) is 34.9 Å². The summed E-state index contributed by atoms with van der Waals surface area (Å²) in [5, 5.41) is 3.80. The maximum atomic E-state index is 14.5. The number of hydrogen-bond donors (Lipinski definition) is 1. The Kier molecular flexibility index (Phi) is 10.2. The molecule has 0 unspecified atom stereocenters. The molecule has 1 aliphatic carbocycles. The maximum absolute atomic E-state index is 14.5. The highest BCUT2D eigenvalue weighted by Gasteiger charge is 2.52. The van der Waals surface area contributed by atoms with Crippen LogP contribution in [0.15, 0.2) is 63.1 Å². The first-order valence-corrected chi connectivity index (χ1v) is 19.2. The predicted octanol–water partition coefficient (Wildman–Crippen LogP) is 6.72. The summed E-state index contributed by atoms with van der Waals surface area (Å²) >= 11 is 0. The maximum Gasteiger partial charge on any atom is 0.263 e. The number of ether oxygens (including phenoxy) is 1. The molecule has 1 saturated heterocycles. The Morgan fingerprint density at radius 3 is 2.56 bits per heavy atom. The Morgan fingerprint density at radius 2 is 1.86 bits per heavy atom. The molecule has 50 heavy (non-hydrogen) atoms. The third-order valence-corrected chi connectivity index (χ3v) is 11.3. The number of carbonyl (C=O) groups excluding carboxylic acids is 2. The fourth-order valence-electron chi connectivity index (χ4n) is 7.43. The van der Waals surface area contributed by atoms with E-state index in [0.717, 1.165) is 49.1 Å². The number of amides is 2. The SMILES string of the molecule is CCOCc1cc(CN2C(=O)[C@@]3(CCCN(C(=O)C4CCCC4)C3)N=C2CC(C)(C)C)ccc1-c1ccccc1S(=O)(=O)Nc1nocc1C. The van der Waals surface area contributed by atoms with Gasteiger partial charge in [-0.15, -0.1) is 0 Å². The second kappa shape index (κ2) is 14.3. The number of nitrogens with one attached hydrogen (secondary N) is 1. The van der Waals surface area contributed by atoms with Crippen LogP contribution >= 0.6 is 0 Å². The molecule has 3 heterocycles. The van der Waals surface area contributed by atoms with Crippen molar-refractivity contribution in [3.63, 3.8) is 0 Å². The number of piperidine rings is 1. The average molecular weight is 704 g/mol. The van der Waals surface area contributed by atoms with E-state index in [-0.39, 0.29) is 40.5 Å². The summed E-state index contributed by atoms with van der Waals surface area (Å²) in [7, 11) is -4.02. The molecule has 0 radical (unpaired) electrons. The van der Waals surface area contributed by atoms with Gasteiger partial charge >= 0.3 is 0 Å². The summed E-state index contributed by atoms with van der Waals surface area (Å²) in [4.78, 5) is 37.0. The molecule has 2 fully saturated rings. The molecule has 2 aromatic carbocycles. The smallest absolute Gasteiger partial charge is 0.263 e. The van der Waals surface area contributed by atoms with Gasteiger partial charge in [0, 0.05) is 36.6 Å². The Balaban J connectivity index is 1.31. The summed E-state index contributed by atoms with van der Waals surface area (Å²) in [5.41, 5.74) is 2.39. The number of aliphatic imine (C=N–C) groups is 1. The molecular weight excluding hydrogens is 655 g/mol. The zero-order valence-electron chi connectivity index (χ0n) is 29.8. The summed E-state index contributed by atoms with van der Waals surface area (Å²) in [6.45, 7) is 12.1. The van der Waals surface area contributed by atoms with Gasteiger partial charge in [0.25, 0.3) is 15.9 Å². The van der Waals surface area contributed by atoms with E-state index in [1.54, 1.807) is 31.2 Å². The van der Waals surface area contributed by atoms with Gasteiger partial charge in [-0.25, -0.2) is 8.42 Å². The lowest BCUT2D eigenvalue weighted by Gasteiger charge is -2.38. The van der Waals surface area contributed by atoms with Crippen molar-refractivity contribution < 1.29 is 27.3 Å². The summed E-state index contributed by atoms with van der Waals surface area (Å²) in [5.74, 6) is 1.06. The number of sulfonamides is 1. The van der Waals surface area contributed by atoms with Gasteiger partial charge in [-0.3, -0.25) is 24.2 Å². The van der Waals surface area contributed by atoms with Gasteiger partial charge in [-0.1, -0.05) is 75.2 Å². The highest BCUT2D eigenvalue weighted by molar-refractivity contribution is 7.92. The van der Waals surface area contributed by atoms with Crippen molar-refractivity contribution in [3.8, 4) is 11.1 Å². The predicted molar refractivity (Wildman–Crippen MR) is 192 cm³/mol. The Labute approximate surface area is 295 Å². The average Bonchev–Trinajstić information content (AvgIpc) is 3.81. The van der Waals surface area contributed by atoms with Crippen molar-refractivity contribution >= 4 is 33.5 Å². The normalized spacial score (nSPS) is 20.2. The Bertz CT molecular complexity index is 1870. The molecule has 268 valence electrons. The van der Waals surface area contributed by atoms with Gasteiger partial charge in [0.05, 0.1) is 24.6 Å². The highest BCUT2D eigenvalue weighted by atomic mass is 32.2. The lowest BCUT2D eigenvalue weighted by atomic mass is 9.88. The lowest BCUT2D eigenvalue weighted by molar-refractivity contribution is -0.141. The van der Waals surface area contributed by atoms with Gasteiger partial charge in [-0.2, -0.15) is 0 Å². The Hall–Kier alpha value is -4.03. The zero-order chi connectivity index (χ0) is 35.7. The number of aryl methyl sites for hydroxylation is 1. The van der Waals surface area contributed by atoms with Crippen molar-refractivity contribution in [1.29, 1.82) is 0 Å². The molecule has 1 atom stereocenters. The van der Waals surface area contributed by atoms with Crippen LogP contribution in [0.25, 0.3) is 11.1 Å². The third kappa shape index (κ3) is 7.51. The van der Waals surface area contributed by atoms with Crippen LogP contribution in [0.3, 0.4) is 0 Å². The van der Waals surface area contributed by atoms with E-state index in [1.165, 1.54) is 6.26 Å². The van der Waals surface area contributed by atoms with Gasteiger partial charge in [0.1, 0.15) is 12.1 Å². The minimum Gasteiger partial charge on any atom is -0.377 e. The van der Waals surface area contributed by atoms with E-state index < -0.39 is 15.6 Å². The molecule has 11 nitrogen and oxygen atoms in total. The lowest BCUT2D eigenvalue weighted by Crippen LogP contribution is -2.55. The van der Waals surface area contributed by atoms with Crippen LogP contribution < -0.4 is 4.72 Å². The van der Waals surface area contributed by atoms with Crippen LogP contribution in [-0.4, -0.2) is 66.3 Å². The molecule has 3 aliphatic rings. The number of hydrogen-bond acceptors (Lipinski definition) is 8. The quantitative estimate of drug-likeness (QED) is 0.235. The number of carbonyl (C=O) groups is 2. The largest absolute Gasteiger partial charge is 0.377 e. The zero-order valence-corrected chi connectivity index (χ0v) is 30.6. The molecule has 3 aromatic rings. The van der Waals surface area contributed by atoms with Crippen LogP contribution in [0.2, 0.25) is 0 Å². The topological polar surface area (TPSA) is 134 Å². The van der Waals surface area contributed by atoms with Gasteiger partial charge in [-0.05, 0) is 67.7 Å². The standard InChI is InChI=1S/C38H49N5O6S/c1-6-48-24-29-20-27(16-17-30(29)31-14-9-10-15-32(31)50(46,47)41-34-26(2)23-49-40-34)22-43-33(21-37(3,4)5)39-38(36(43)45)18-11-19-42(25-38)35(44)28-12-7-8-13-28/h9-10,14-17,20,23,28H,6-8,11-13,18-19,21-22,24-25H2,1-5H3,(H,40,41)/t38-/m0/s1. The van der Waals surface area contributed by atoms with Crippen LogP contribution in [0.5, 0.6) is 0 Å². The number of likely N-dealkylation sites (tertiary alicyclic amines) is 1. The summed E-state index contributed by atoms with van der Waals surface area (Å²) < 4.78 is 40.6. The minimum absolute atomic E-state index is 0.0539. The number of rotatable bonds is 11. The molecule has 6 rings (SSSR count). The number of amidine groups is 1. The van der Waals surface area contributed by atoms with Crippen LogP contribution in [0.1, 0.15) is 89.3 Å².